The number of aromatic amines is 1. The van der Waals surface area contributed by atoms with E-state index in [1.54, 1.807) is 4.98 Å². The van der Waals surface area contributed by atoms with Gasteiger partial charge in [0, 0.05) is 6.54 Å². The van der Waals surface area contributed by atoms with Crippen LogP contribution < -0.4 is 16.6 Å². The van der Waals surface area contributed by atoms with E-state index in [1.807, 2.05) is 11.8 Å². The SMILES string of the molecule is CC(C)(C)[Si](C)(C)CCCSCCCNC(=O)n1cc(F)c(=O)[nH]c1=O. The van der Waals surface area contributed by atoms with Crippen LogP contribution in [0.1, 0.15) is 33.6 Å². The molecule has 9 heteroatoms. The second kappa shape index (κ2) is 9.54. The third-order valence-electron chi connectivity index (χ3n) is 4.98. The van der Waals surface area contributed by atoms with Crippen LogP contribution in [-0.2, 0) is 0 Å². The number of hydrogen-bond donors (Lipinski definition) is 2. The molecule has 1 amide bonds. The summed E-state index contributed by atoms with van der Waals surface area (Å²) in [4.78, 5) is 36.0. The molecule has 0 aromatic carbocycles. The summed E-state index contributed by atoms with van der Waals surface area (Å²) in [6, 6.07) is 0.564. The van der Waals surface area contributed by atoms with Crippen LogP contribution in [0.15, 0.2) is 15.8 Å². The van der Waals surface area contributed by atoms with Gasteiger partial charge in [0.15, 0.2) is 0 Å². The van der Waals surface area contributed by atoms with Gasteiger partial charge in [0.2, 0.25) is 5.82 Å². The second-order valence-electron chi connectivity index (χ2n) is 8.04. The van der Waals surface area contributed by atoms with Crippen molar-refractivity contribution in [2.75, 3.05) is 18.1 Å². The molecule has 0 fully saturated rings. The average molecular weight is 404 g/mol. The van der Waals surface area contributed by atoms with Gasteiger partial charge in [-0.15, -0.1) is 0 Å². The Labute approximate surface area is 159 Å². The Kier molecular flexibility index (Phi) is 8.33. The molecule has 0 aliphatic rings. The van der Waals surface area contributed by atoms with Crippen LogP contribution in [0, 0.1) is 5.82 Å². The summed E-state index contributed by atoms with van der Waals surface area (Å²) in [6.45, 7) is 12.3. The highest BCUT2D eigenvalue weighted by Crippen LogP contribution is 2.39. The molecule has 6 nitrogen and oxygen atoms in total. The first kappa shape index (κ1) is 22.7. The monoisotopic (exact) mass is 403 g/mol. The number of amides is 1. The molecular weight excluding hydrogens is 373 g/mol. The minimum absolute atomic E-state index is 0.390. The Bertz CT molecular complexity index is 725. The molecule has 0 aliphatic carbocycles. The Balaban J connectivity index is 2.24. The van der Waals surface area contributed by atoms with Crippen molar-refractivity contribution in [2.45, 2.75) is 57.8 Å². The molecule has 0 spiro atoms. The number of carbonyl (C=O) groups is 1. The number of H-pyrrole nitrogens is 1. The molecule has 0 atom stereocenters. The lowest BCUT2D eigenvalue weighted by atomic mass is 10.2. The van der Waals surface area contributed by atoms with E-state index in [0.717, 1.165) is 17.9 Å². The van der Waals surface area contributed by atoms with E-state index in [4.69, 9.17) is 0 Å². The van der Waals surface area contributed by atoms with Gasteiger partial charge in [-0.3, -0.25) is 9.78 Å². The molecule has 0 aliphatic heterocycles. The average Bonchev–Trinajstić information content (AvgIpc) is 2.52. The number of halogens is 1. The van der Waals surface area contributed by atoms with Crippen LogP contribution in [0.2, 0.25) is 24.2 Å². The number of carbonyl (C=O) groups excluding carboxylic acids is 1. The Morgan fingerprint density at radius 2 is 1.88 bits per heavy atom. The molecule has 0 bridgehead atoms. The number of thioether (sulfide) groups is 1. The molecule has 148 valence electrons. The van der Waals surface area contributed by atoms with Crippen LogP contribution in [0.25, 0.3) is 0 Å². The molecular formula is C17H30FN3O3SSi. The molecule has 1 rings (SSSR count). The topological polar surface area (TPSA) is 84.0 Å². The van der Waals surface area contributed by atoms with Gasteiger partial charge in [-0.05, 0) is 29.4 Å². The smallest absolute Gasteiger partial charge is 0.336 e. The van der Waals surface area contributed by atoms with Gasteiger partial charge in [-0.2, -0.15) is 16.2 Å². The summed E-state index contributed by atoms with van der Waals surface area (Å²) in [7, 11) is -1.21. The van der Waals surface area contributed by atoms with Gasteiger partial charge < -0.3 is 5.32 Å². The summed E-state index contributed by atoms with van der Waals surface area (Å²) < 4.78 is 13.7. The second-order valence-corrected chi connectivity index (χ2v) is 15.0. The standard InChI is InChI=1S/C17H30FN3O3SSi/c1-17(2,3)26(4,5)11-7-10-25-9-6-8-19-15(23)21-12-13(18)14(22)20-16(21)24/h12H,6-11H2,1-5H3,(H,19,23)(H,20,22,24). The lowest BCUT2D eigenvalue weighted by Crippen LogP contribution is -2.41. The largest absolute Gasteiger partial charge is 0.337 e. The van der Waals surface area contributed by atoms with Crippen molar-refractivity contribution in [2.24, 2.45) is 0 Å². The Morgan fingerprint density at radius 1 is 1.27 bits per heavy atom. The summed E-state index contributed by atoms with van der Waals surface area (Å²) in [5, 5.41) is 2.97. The highest BCUT2D eigenvalue weighted by molar-refractivity contribution is 7.99. The molecule has 26 heavy (non-hydrogen) atoms. The van der Waals surface area contributed by atoms with Crippen molar-refractivity contribution >= 4 is 25.9 Å². The van der Waals surface area contributed by atoms with E-state index in [1.165, 1.54) is 12.5 Å². The number of aromatic nitrogens is 2. The summed E-state index contributed by atoms with van der Waals surface area (Å²) in [5.41, 5.74) is -2.08. The van der Waals surface area contributed by atoms with Gasteiger partial charge in [0.1, 0.15) is 0 Å². The minimum atomic E-state index is -1.21. The van der Waals surface area contributed by atoms with Crippen LogP contribution in [0.3, 0.4) is 0 Å². The highest BCUT2D eigenvalue weighted by Gasteiger charge is 2.33. The van der Waals surface area contributed by atoms with Crippen molar-refractivity contribution < 1.29 is 9.18 Å². The highest BCUT2D eigenvalue weighted by atomic mass is 32.2. The Morgan fingerprint density at radius 3 is 2.50 bits per heavy atom. The van der Waals surface area contributed by atoms with E-state index < -0.39 is 31.2 Å². The fourth-order valence-electron chi connectivity index (χ4n) is 2.15. The fourth-order valence-corrected chi connectivity index (χ4v) is 5.11. The predicted molar refractivity (Wildman–Crippen MR) is 109 cm³/mol. The summed E-state index contributed by atoms with van der Waals surface area (Å²) in [5.74, 6) is 0.842. The van der Waals surface area contributed by atoms with Crippen LogP contribution >= 0.6 is 11.8 Å². The number of nitrogens with zero attached hydrogens (tertiary/aromatic N) is 1. The molecule has 1 heterocycles. The van der Waals surface area contributed by atoms with Crippen molar-refractivity contribution in [1.29, 1.82) is 0 Å². The van der Waals surface area contributed by atoms with Crippen molar-refractivity contribution in [3.05, 3.63) is 32.9 Å². The lowest BCUT2D eigenvalue weighted by molar-refractivity contribution is 0.240. The van der Waals surface area contributed by atoms with Gasteiger partial charge >= 0.3 is 11.7 Å². The van der Waals surface area contributed by atoms with Gasteiger partial charge in [-0.1, -0.05) is 39.9 Å². The maximum absolute atomic E-state index is 13.2. The molecule has 0 saturated carbocycles. The fraction of sp³-hybridized carbons (Fsp3) is 0.706. The Hall–Kier alpha value is -1.35. The maximum Gasteiger partial charge on any atom is 0.336 e. The van der Waals surface area contributed by atoms with Crippen molar-refractivity contribution in [3.8, 4) is 0 Å². The van der Waals surface area contributed by atoms with Crippen LogP contribution in [0.4, 0.5) is 9.18 Å². The first-order chi connectivity index (χ1) is 12.0. The minimum Gasteiger partial charge on any atom is -0.337 e. The van der Waals surface area contributed by atoms with Gasteiger partial charge in [-0.25, -0.2) is 14.2 Å². The van der Waals surface area contributed by atoms with Crippen LogP contribution in [-0.4, -0.2) is 41.7 Å². The van der Waals surface area contributed by atoms with E-state index in [0.29, 0.717) is 22.3 Å². The van der Waals surface area contributed by atoms with Gasteiger partial charge in [0.25, 0.3) is 5.56 Å². The zero-order chi connectivity index (χ0) is 20.0. The normalized spacial score (nSPS) is 12.2. The predicted octanol–water partition coefficient (Wildman–Crippen LogP) is 3.26. The maximum atomic E-state index is 13.2. The third-order valence-corrected chi connectivity index (χ3v) is 11.8. The third kappa shape index (κ3) is 6.75. The molecule has 2 N–H and O–H groups in total. The quantitative estimate of drug-likeness (QED) is 0.515. The summed E-state index contributed by atoms with van der Waals surface area (Å²) >= 11 is 1.85. The number of nitrogens with one attached hydrogen (secondary N) is 2. The molecule has 0 saturated heterocycles. The van der Waals surface area contributed by atoms with Gasteiger partial charge in [0.05, 0.1) is 14.3 Å². The van der Waals surface area contributed by atoms with E-state index in [-0.39, 0.29) is 0 Å². The molecule has 1 aromatic heterocycles. The van der Waals surface area contributed by atoms with E-state index in [2.05, 4.69) is 39.2 Å². The van der Waals surface area contributed by atoms with Crippen molar-refractivity contribution in [3.63, 3.8) is 0 Å². The first-order valence-electron chi connectivity index (χ1n) is 8.83. The molecule has 1 aromatic rings. The zero-order valence-electron chi connectivity index (χ0n) is 16.3. The number of rotatable bonds is 8. The van der Waals surface area contributed by atoms with Crippen LogP contribution in [0.5, 0.6) is 0 Å². The first-order valence-corrected chi connectivity index (χ1v) is 13.2. The molecule has 0 radical (unpaired) electrons. The zero-order valence-corrected chi connectivity index (χ0v) is 18.1. The van der Waals surface area contributed by atoms with E-state index >= 15 is 0 Å². The summed E-state index contributed by atoms with van der Waals surface area (Å²) in [6.07, 6.45) is 2.57. The number of hydrogen-bond acceptors (Lipinski definition) is 4. The van der Waals surface area contributed by atoms with E-state index in [9.17, 15) is 18.8 Å². The molecule has 0 unspecified atom stereocenters. The van der Waals surface area contributed by atoms with Crippen molar-refractivity contribution in [1.82, 2.24) is 14.9 Å². The lowest BCUT2D eigenvalue weighted by Gasteiger charge is -2.37.